The molecular weight excluding hydrogens is 220 g/mol. The first-order valence-corrected chi connectivity index (χ1v) is 6.59. The Morgan fingerprint density at radius 2 is 2.06 bits per heavy atom. The molecule has 1 aliphatic carbocycles. The molecule has 1 rings (SSSR count). The van der Waals surface area contributed by atoms with E-state index in [4.69, 9.17) is 14.2 Å². The first-order valence-electron chi connectivity index (χ1n) is 6.59. The van der Waals surface area contributed by atoms with Crippen molar-refractivity contribution in [2.24, 2.45) is 5.92 Å². The fourth-order valence-corrected chi connectivity index (χ4v) is 2.07. The molecule has 0 radical (unpaired) electrons. The van der Waals surface area contributed by atoms with Crippen molar-refractivity contribution < 1.29 is 19.3 Å². The topological polar surface area (TPSA) is 47.9 Å². The summed E-state index contributed by atoms with van der Waals surface area (Å²) in [5.41, 5.74) is 0. The molecule has 0 aromatic carbocycles. The molecule has 0 bridgehead atoms. The van der Waals surface area contributed by atoms with Crippen LogP contribution in [0.4, 0.5) is 0 Å². The summed E-state index contributed by atoms with van der Waals surface area (Å²) in [5.74, 6) is 0.581. The van der Waals surface area contributed by atoms with Crippen molar-refractivity contribution in [1.29, 1.82) is 0 Å². The van der Waals surface area contributed by atoms with Crippen LogP contribution in [0.3, 0.4) is 0 Å². The molecule has 102 valence electrons. The Morgan fingerprint density at radius 1 is 1.29 bits per heavy atom. The lowest BCUT2D eigenvalue weighted by atomic mass is 9.88. The highest BCUT2D eigenvalue weighted by Crippen LogP contribution is 2.28. The van der Waals surface area contributed by atoms with Crippen molar-refractivity contribution in [1.82, 2.24) is 0 Å². The van der Waals surface area contributed by atoms with Crippen molar-refractivity contribution in [3.63, 3.8) is 0 Å². The molecule has 0 aliphatic heterocycles. The number of methoxy groups -OCH3 is 1. The van der Waals surface area contributed by atoms with E-state index >= 15 is 0 Å². The molecule has 1 saturated carbocycles. The van der Waals surface area contributed by atoms with Crippen LogP contribution in [0.5, 0.6) is 0 Å². The Balaban J connectivity index is 2.15. The van der Waals surface area contributed by atoms with E-state index in [0.29, 0.717) is 25.6 Å². The zero-order chi connectivity index (χ0) is 12.7. The van der Waals surface area contributed by atoms with Crippen molar-refractivity contribution >= 4 is 0 Å². The van der Waals surface area contributed by atoms with Gasteiger partial charge in [0.25, 0.3) is 0 Å². The van der Waals surface area contributed by atoms with Crippen molar-refractivity contribution in [3.8, 4) is 0 Å². The Morgan fingerprint density at radius 3 is 2.65 bits per heavy atom. The predicted molar refractivity (Wildman–Crippen MR) is 66.1 cm³/mol. The highest BCUT2D eigenvalue weighted by molar-refractivity contribution is 4.92. The highest BCUT2D eigenvalue weighted by Gasteiger charge is 2.41. The zero-order valence-electron chi connectivity index (χ0n) is 11.2. The number of rotatable bonds is 9. The highest BCUT2D eigenvalue weighted by atomic mass is 16.6. The Kier molecular flexibility index (Phi) is 7.04. The first-order chi connectivity index (χ1) is 8.19. The third kappa shape index (κ3) is 4.92. The minimum absolute atomic E-state index is 0.0566. The Labute approximate surface area is 104 Å². The lowest BCUT2D eigenvalue weighted by Crippen LogP contribution is -2.54. The second-order valence-electron chi connectivity index (χ2n) is 4.90. The maximum Gasteiger partial charge on any atom is 0.110 e. The van der Waals surface area contributed by atoms with Gasteiger partial charge in [0.15, 0.2) is 0 Å². The van der Waals surface area contributed by atoms with Gasteiger partial charge >= 0.3 is 0 Å². The van der Waals surface area contributed by atoms with E-state index < -0.39 is 0 Å². The first kappa shape index (κ1) is 14.9. The van der Waals surface area contributed by atoms with E-state index in [1.165, 1.54) is 12.8 Å². The lowest BCUT2D eigenvalue weighted by molar-refractivity contribution is -0.198. The summed E-state index contributed by atoms with van der Waals surface area (Å²) >= 11 is 0. The van der Waals surface area contributed by atoms with Crippen LogP contribution < -0.4 is 0 Å². The van der Waals surface area contributed by atoms with Crippen LogP contribution in [0.25, 0.3) is 0 Å². The number of ether oxygens (including phenoxy) is 3. The van der Waals surface area contributed by atoms with Gasteiger partial charge < -0.3 is 19.3 Å². The van der Waals surface area contributed by atoms with Crippen LogP contribution in [0.15, 0.2) is 0 Å². The molecule has 0 aromatic rings. The average Bonchev–Trinajstić information content (AvgIpc) is 2.30. The smallest absolute Gasteiger partial charge is 0.110 e. The molecule has 4 unspecified atom stereocenters. The van der Waals surface area contributed by atoms with Crippen LogP contribution in [-0.4, -0.2) is 50.3 Å². The van der Waals surface area contributed by atoms with E-state index in [9.17, 15) is 5.11 Å². The van der Waals surface area contributed by atoms with Gasteiger partial charge in [-0.1, -0.05) is 20.3 Å². The van der Waals surface area contributed by atoms with E-state index in [2.05, 4.69) is 13.8 Å². The molecule has 1 fully saturated rings. The van der Waals surface area contributed by atoms with Crippen molar-refractivity contribution in [2.45, 2.75) is 51.4 Å². The summed E-state index contributed by atoms with van der Waals surface area (Å²) in [6, 6.07) is 0. The third-order valence-electron chi connectivity index (χ3n) is 3.19. The number of hydrogen-bond donors (Lipinski definition) is 1. The molecule has 4 atom stereocenters. The normalized spacial score (nSPS) is 30.0. The second-order valence-corrected chi connectivity index (χ2v) is 4.90. The molecule has 0 saturated heterocycles. The van der Waals surface area contributed by atoms with E-state index in [0.717, 1.165) is 6.61 Å². The van der Waals surface area contributed by atoms with Gasteiger partial charge in [-0.2, -0.15) is 0 Å². The zero-order valence-corrected chi connectivity index (χ0v) is 11.2. The summed E-state index contributed by atoms with van der Waals surface area (Å²) in [6.07, 6.45) is 2.57. The maximum atomic E-state index is 9.60. The van der Waals surface area contributed by atoms with Gasteiger partial charge in [0, 0.05) is 20.1 Å². The molecule has 0 spiro atoms. The van der Waals surface area contributed by atoms with Crippen molar-refractivity contribution in [2.75, 3.05) is 26.9 Å². The third-order valence-corrected chi connectivity index (χ3v) is 3.19. The summed E-state index contributed by atoms with van der Waals surface area (Å²) in [4.78, 5) is 0. The van der Waals surface area contributed by atoms with Crippen LogP contribution >= 0.6 is 0 Å². The fraction of sp³-hybridized carbons (Fsp3) is 1.00. The molecule has 0 aromatic heterocycles. The SMILES string of the molecule is CCCC(C)COC1CC(O)C1OCCOC. The van der Waals surface area contributed by atoms with E-state index in [1.54, 1.807) is 7.11 Å². The molecule has 1 aliphatic rings. The molecule has 0 amide bonds. The van der Waals surface area contributed by atoms with Gasteiger partial charge in [-0.25, -0.2) is 0 Å². The fourth-order valence-electron chi connectivity index (χ4n) is 2.07. The summed E-state index contributed by atoms with van der Waals surface area (Å²) < 4.78 is 16.2. The van der Waals surface area contributed by atoms with Gasteiger partial charge in [0.2, 0.25) is 0 Å². The molecule has 4 nitrogen and oxygen atoms in total. The van der Waals surface area contributed by atoms with Gasteiger partial charge in [0.1, 0.15) is 6.10 Å². The Hall–Kier alpha value is -0.160. The summed E-state index contributed by atoms with van der Waals surface area (Å²) in [7, 11) is 1.64. The quantitative estimate of drug-likeness (QED) is 0.628. The average molecular weight is 246 g/mol. The molecule has 0 heterocycles. The minimum Gasteiger partial charge on any atom is -0.390 e. The van der Waals surface area contributed by atoms with E-state index in [-0.39, 0.29) is 18.3 Å². The maximum absolute atomic E-state index is 9.60. The van der Waals surface area contributed by atoms with Gasteiger partial charge in [-0.05, 0) is 12.3 Å². The minimum atomic E-state index is -0.377. The van der Waals surface area contributed by atoms with Gasteiger partial charge in [0.05, 0.1) is 25.4 Å². The van der Waals surface area contributed by atoms with Crippen LogP contribution in [0, 0.1) is 5.92 Å². The summed E-state index contributed by atoms with van der Waals surface area (Å²) in [6.45, 7) is 6.21. The van der Waals surface area contributed by atoms with Gasteiger partial charge in [-0.15, -0.1) is 0 Å². The second kappa shape index (κ2) is 8.03. The van der Waals surface area contributed by atoms with Crippen LogP contribution in [0.1, 0.15) is 33.1 Å². The van der Waals surface area contributed by atoms with Crippen LogP contribution in [-0.2, 0) is 14.2 Å². The predicted octanol–water partition coefficient (Wildman–Crippen LogP) is 1.60. The van der Waals surface area contributed by atoms with Crippen molar-refractivity contribution in [3.05, 3.63) is 0 Å². The number of aliphatic hydroxyl groups excluding tert-OH is 1. The standard InChI is InChI=1S/C13H26O4/c1-4-5-10(2)9-17-12-8-11(14)13(12)16-7-6-15-3/h10-14H,4-9H2,1-3H3. The molecule has 4 heteroatoms. The Bertz CT molecular complexity index is 198. The summed E-state index contributed by atoms with van der Waals surface area (Å²) in [5, 5.41) is 9.60. The monoisotopic (exact) mass is 246 g/mol. The molecule has 1 N–H and O–H groups in total. The number of aliphatic hydroxyl groups is 1. The number of hydrogen-bond acceptors (Lipinski definition) is 4. The largest absolute Gasteiger partial charge is 0.390 e. The lowest BCUT2D eigenvalue weighted by Gasteiger charge is -2.41. The molecular formula is C13H26O4. The molecule has 17 heavy (non-hydrogen) atoms. The van der Waals surface area contributed by atoms with E-state index in [1.807, 2.05) is 0 Å². The van der Waals surface area contributed by atoms with Gasteiger partial charge in [-0.3, -0.25) is 0 Å². The van der Waals surface area contributed by atoms with Crippen LogP contribution in [0.2, 0.25) is 0 Å².